The number of carbonyl (C=O) groups excluding carboxylic acids is 1. The van der Waals surface area contributed by atoms with Crippen molar-refractivity contribution in [3.63, 3.8) is 0 Å². The molecule has 0 radical (unpaired) electrons. The number of aliphatic hydroxyl groups excluding tert-OH is 2. The number of amides is 1. The molecule has 0 aromatic heterocycles. The first kappa shape index (κ1) is 19.0. The van der Waals surface area contributed by atoms with E-state index in [0.29, 0.717) is 0 Å². The van der Waals surface area contributed by atoms with Gasteiger partial charge in [0.15, 0.2) is 0 Å². The highest BCUT2D eigenvalue weighted by Crippen LogP contribution is 2.32. The number of rotatable bonds is 5. The fourth-order valence-electron chi connectivity index (χ4n) is 1.78. The molecule has 7 heteroatoms. The lowest BCUT2D eigenvalue weighted by molar-refractivity contribution is 0.0124. The molecule has 0 heterocycles. The second kappa shape index (κ2) is 8.02. The molecule has 2 atom stereocenters. The molecule has 0 fully saturated rings. The number of nitrogens with one attached hydrogen (secondary N) is 1. The second-order valence-corrected chi connectivity index (χ2v) is 6.68. The normalized spacial score (nSPS) is 14.3. The summed E-state index contributed by atoms with van der Waals surface area (Å²) in [5.74, 6) is 0. The zero-order valence-electron chi connectivity index (χ0n) is 12.8. The molecule has 3 N–H and O–H groups in total. The summed E-state index contributed by atoms with van der Waals surface area (Å²) in [6, 6.07) is 4.81. The standard InChI is InChI=1S/C15H21Cl2NO4/c1-15(2,3)22-14(21)18-8-7-11(19)13(20)12-9(16)5-4-6-10(12)17/h4-6,11,13,19-20H,7-8H2,1-3H3,(H,18,21). The SMILES string of the molecule is CC(C)(C)OC(=O)NCCC(O)C(O)c1c(Cl)cccc1Cl. The molecule has 0 aliphatic carbocycles. The topological polar surface area (TPSA) is 78.8 Å². The van der Waals surface area contributed by atoms with Crippen LogP contribution in [0.15, 0.2) is 18.2 Å². The van der Waals surface area contributed by atoms with E-state index in [1.807, 2.05) is 0 Å². The Hall–Kier alpha value is -1.01. The fraction of sp³-hybridized carbons (Fsp3) is 0.533. The Bertz CT molecular complexity index is 497. The van der Waals surface area contributed by atoms with E-state index in [9.17, 15) is 15.0 Å². The quantitative estimate of drug-likeness (QED) is 0.761. The van der Waals surface area contributed by atoms with Crippen molar-refractivity contribution in [1.82, 2.24) is 5.32 Å². The van der Waals surface area contributed by atoms with Gasteiger partial charge in [0.2, 0.25) is 0 Å². The molecule has 5 nitrogen and oxygen atoms in total. The lowest BCUT2D eigenvalue weighted by Gasteiger charge is -2.22. The summed E-state index contributed by atoms with van der Waals surface area (Å²) in [6.07, 6.45) is -2.80. The molecule has 1 aromatic carbocycles. The predicted octanol–water partition coefficient (Wildman–Crippen LogP) is 3.30. The van der Waals surface area contributed by atoms with Crippen molar-refractivity contribution in [2.24, 2.45) is 0 Å². The summed E-state index contributed by atoms with van der Waals surface area (Å²) >= 11 is 12.0. The Kier molecular flexibility index (Phi) is 6.94. The molecule has 124 valence electrons. The van der Waals surface area contributed by atoms with Gasteiger partial charge in [-0.1, -0.05) is 29.3 Å². The summed E-state index contributed by atoms with van der Waals surface area (Å²) < 4.78 is 5.07. The van der Waals surface area contributed by atoms with E-state index in [0.717, 1.165) is 0 Å². The maximum absolute atomic E-state index is 11.5. The average molecular weight is 350 g/mol. The van der Waals surface area contributed by atoms with Crippen LogP contribution in [-0.4, -0.2) is 34.6 Å². The van der Waals surface area contributed by atoms with Gasteiger partial charge in [-0.15, -0.1) is 0 Å². The van der Waals surface area contributed by atoms with Crippen LogP contribution in [0.3, 0.4) is 0 Å². The average Bonchev–Trinajstić information content (AvgIpc) is 2.35. The Morgan fingerprint density at radius 1 is 1.27 bits per heavy atom. The number of ether oxygens (including phenoxy) is 1. The van der Waals surface area contributed by atoms with E-state index in [1.54, 1.807) is 39.0 Å². The first-order chi connectivity index (χ1) is 10.1. The molecule has 0 saturated carbocycles. The number of benzene rings is 1. The van der Waals surface area contributed by atoms with Crippen molar-refractivity contribution in [1.29, 1.82) is 0 Å². The summed E-state index contributed by atoms with van der Waals surface area (Å²) in [6.45, 7) is 5.41. The molecular weight excluding hydrogens is 329 g/mol. The maximum Gasteiger partial charge on any atom is 0.407 e. The number of hydrogen-bond acceptors (Lipinski definition) is 4. The molecule has 0 bridgehead atoms. The lowest BCUT2D eigenvalue weighted by Crippen LogP contribution is -2.34. The Morgan fingerprint density at radius 2 is 1.82 bits per heavy atom. The minimum Gasteiger partial charge on any atom is -0.444 e. The summed E-state index contributed by atoms with van der Waals surface area (Å²) in [4.78, 5) is 11.5. The molecule has 1 rings (SSSR count). The van der Waals surface area contributed by atoms with E-state index in [4.69, 9.17) is 27.9 Å². The van der Waals surface area contributed by atoms with Crippen LogP contribution in [0.1, 0.15) is 38.9 Å². The van der Waals surface area contributed by atoms with E-state index in [1.165, 1.54) is 0 Å². The highest BCUT2D eigenvalue weighted by Gasteiger charge is 2.23. The third kappa shape index (κ3) is 6.01. The highest BCUT2D eigenvalue weighted by atomic mass is 35.5. The van der Waals surface area contributed by atoms with Crippen molar-refractivity contribution >= 4 is 29.3 Å². The fourth-order valence-corrected chi connectivity index (χ4v) is 2.40. The minimum atomic E-state index is -1.23. The van der Waals surface area contributed by atoms with Crippen LogP contribution in [0, 0.1) is 0 Å². The molecule has 0 aliphatic rings. The van der Waals surface area contributed by atoms with Gasteiger partial charge in [-0.05, 0) is 39.3 Å². The molecule has 22 heavy (non-hydrogen) atoms. The van der Waals surface area contributed by atoms with Gasteiger partial charge in [0.05, 0.1) is 6.10 Å². The second-order valence-electron chi connectivity index (χ2n) is 5.86. The smallest absolute Gasteiger partial charge is 0.407 e. The Morgan fingerprint density at radius 3 is 2.32 bits per heavy atom. The first-order valence-electron chi connectivity index (χ1n) is 6.88. The van der Waals surface area contributed by atoms with Crippen molar-refractivity contribution in [2.75, 3.05) is 6.54 Å². The van der Waals surface area contributed by atoms with E-state index >= 15 is 0 Å². The van der Waals surface area contributed by atoms with E-state index in [-0.39, 0.29) is 28.6 Å². The molecular formula is C15H21Cl2NO4. The molecule has 0 aliphatic heterocycles. The Labute approximate surface area is 140 Å². The third-order valence-electron chi connectivity index (χ3n) is 2.77. The molecule has 1 aromatic rings. The van der Waals surface area contributed by atoms with Crippen LogP contribution in [0.25, 0.3) is 0 Å². The van der Waals surface area contributed by atoms with Crippen molar-refractivity contribution in [2.45, 2.75) is 45.0 Å². The highest BCUT2D eigenvalue weighted by molar-refractivity contribution is 6.36. The van der Waals surface area contributed by atoms with Gasteiger partial charge in [-0.3, -0.25) is 0 Å². The molecule has 0 saturated heterocycles. The maximum atomic E-state index is 11.5. The van der Waals surface area contributed by atoms with Gasteiger partial charge >= 0.3 is 6.09 Å². The van der Waals surface area contributed by atoms with Crippen LogP contribution in [-0.2, 0) is 4.74 Å². The van der Waals surface area contributed by atoms with Crippen molar-refractivity contribution < 1.29 is 19.7 Å². The number of aliphatic hydroxyl groups is 2. The van der Waals surface area contributed by atoms with Crippen LogP contribution in [0.4, 0.5) is 4.79 Å². The molecule has 1 amide bonds. The van der Waals surface area contributed by atoms with Gasteiger partial charge < -0.3 is 20.3 Å². The number of halogens is 2. The van der Waals surface area contributed by atoms with Crippen molar-refractivity contribution in [3.05, 3.63) is 33.8 Å². The monoisotopic (exact) mass is 349 g/mol. The van der Waals surface area contributed by atoms with Gasteiger partial charge in [-0.2, -0.15) is 0 Å². The molecule has 0 spiro atoms. The zero-order chi connectivity index (χ0) is 16.9. The molecule has 2 unspecified atom stereocenters. The van der Waals surface area contributed by atoms with Crippen LogP contribution >= 0.6 is 23.2 Å². The Balaban J connectivity index is 2.52. The van der Waals surface area contributed by atoms with Gasteiger partial charge in [0, 0.05) is 22.2 Å². The predicted molar refractivity (Wildman–Crippen MR) is 86.3 cm³/mol. The third-order valence-corrected chi connectivity index (χ3v) is 3.43. The summed E-state index contributed by atoms with van der Waals surface area (Å²) in [5.41, 5.74) is -0.316. The largest absolute Gasteiger partial charge is 0.444 e. The number of alkyl carbamates (subject to hydrolysis) is 1. The van der Waals surface area contributed by atoms with Crippen LogP contribution < -0.4 is 5.32 Å². The number of hydrogen-bond donors (Lipinski definition) is 3. The summed E-state index contributed by atoms with van der Waals surface area (Å²) in [7, 11) is 0. The van der Waals surface area contributed by atoms with Crippen molar-refractivity contribution in [3.8, 4) is 0 Å². The summed E-state index contributed by atoms with van der Waals surface area (Å²) in [5, 5.41) is 23.2. The van der Waals surface area contributed by atoms with Gasteiger partial charge in [-0.25, -0.2) is 4.79 Å². The van der Waals surface area contributed by atoms with Gasteiger partial charge in [0.25, 0.3) is 0 Å². The number of carbonyl (C=O) groups is 1. The van der Waals surface area contributed by atoms with E-state index < -0.39 is 23.9 Å². The van der Waals surface area contributed by atoms with E-state index in [2.05, 4.69) is 5.32 Å². The van der Waals surface area contributed by atoms with Crippen LogP contribution in [0.2, 0.25) is 10.0 Å². The van der Waals surface area contributed by atoms with Gasteiger partial charge in [0.1, 0.15) is 11.7 Å². The van der Waals surface area contributed by atoms with Crippen LogP contribution in [0.5, 0.6) is 0 Å². The zero-order valence-corrected chi connectivity index (χ0v) is 14.3. The minimum absolute atomic E-state index is 0.127. The first-order valence-corrected chi connectivity index (χ1v) is 7.64. The lowest BCUT2D eigenvalue weighted by atomic mass is 10.0.